The molecule has 0 aromatic heterocycles. The highest BCUT2D eigenvalue weighted by atomic mass is 16.3. The van der Waals surface area contributed by atoms with Gasteiger partial charge in [0, 0.05) is 5.54 Å². The third kappa shape index (κ3) is 1.97. The van der Waals surface area contributed by atoms with E-state index < -0.39 is 11.1 Å². The van der Waals surface area contributed by atoms with Gasteiger partial charge in [-0.1, -0.05) is 29.8 Å². The summed E-state index contributed by atoms with van der Waals surface area (Å²) in [6, 6.07) is 7.81. The minimum Gasteiger partial charge on any atom is -0.384 e. The third-order valence-corrected chi connectivity index (χ3v) is 2.83. The number of benzene rings is 1. The van der Waals surface area contributed by atoms with Gasteiger partial charge in [0.05, 0.1) is 0 Å². The Morgan fingerprint density at radius 1 is 1.21 bits per heavy atom. The lowest BCUT2D eigenvalue weighted by atomic mass is 9.79. The molecule has 0 radical (unpaired) electrons. The summed E-state index contributed by atoms with van der Waals surface area (Å²) in [5.41, 5.74) is 6.29. The second-order valence-corrected chi connectivity index (χ2v) is 4.66. The van der Waals surface area contributed by atoms with Crippen LogP contribution in [-0.2, 0) is 5.60 Å². The molecule has 0 heterocycles. The zero-order chi connectivity index (χ0) is 11.0. The van der Waals surface area contributed by atoms with Crippen LogP contribution in [-0.4, -0.2) is 10.6 Å². The fraction of sp³-hybridized carbons (Fsp3) is 0.500. The first kappa shape index (κ1) is 11.2. The van der Waals surface area contributed by atoms with Crippen LogP contribution in [0.2, 0.25) is 0 Å². The van der Waals surface area contributed by atoms with E-state index in [0.29, 0.717) is 0 Å². The highest BCUT2D eigenvalue weighted by molar-refractivity contribution is 5.29. The number of hydrogen-bond donors (Lipinski definition) is 2. The lowest BCUT2D eigenvalue weighted by Crippen LogP contribution is -2.52. The number of aryl methyl sites for hydroxylation is 1. The maximum Gasteiger partial charge on any atom is 0.104 e. The first-order valence-corrected chi connectivity index (χ1v) is 4.83. The minimum atomic E-state index is -1.00. The normalized spacial score (nSPS) is 16.4. The Labute approximate surface area is 85.8 Å². The predicted octanol–water partition coefficient (Wildman–Crippen LogP) is 1.94. The van der Waals surface area contributed by atoms with Gasteiger partial charge in [0.2, 0.25) is 0 Å². The van der Waals surface area contributed by atoms with Crippen molar-refractivity contribution in [3.05, 3.63) is 35.4 Å². The van der Waals surface area contributed by atoms with E-state index in [0.717, 1.165) is 11.1 Å². The van der Waals surface area contributed by atoms with Gasteiger partial charge in [-0.3, -0.25) is 0 Å². The summed E-state index contributed by atoms with van der Waals surface area (Å²) < 4.78 is 0. The fourth-order valence-electron chi connectivity index (χ4n) is 1.32. The smallest absolute Gasteiger partial charge is 0.104 e. The van der Waals surface area contributed by atoms with Crippen molar-refractivity contribution in [2.45, 2.75) is 38.8 Å². The average Bonchev–Trinajstić information content (AvgIpc) is 2.02. The van der Waals surface area contributed by atoms with Crippen LogP contribution in [0.25, 0.3) is 0 Å². The first-order valence-electron chi connectivity index (χ1n) is 4.83. The summed E-state index contributed by atoms with van der Waals surface area (Å²) in [6.07, 6.45) is 0. The summed E-state index contributed by atoms with van der Waals surface area (Å²) in [5.74, 6) is 0. The molecule has 2 nitrogen and oxygen atoms in total. The van der Waals surface area contributed by atoms with Crippen LogP contribution in [0.5, 0.6) is 0 Å². The molecule has 1 rings (SSSR count). The fourth-order valence-corrected chi connectivity index (χ4v) is 1.32. The molecule has 1 aromatic rings. The molecule has 2 heteroatoms. The van der Waals surface area contributed by atoms with Gasteiger partial charge in [-0.05, 0) is 33.3 Å². The molecule has 0 aliphatic carbocycles. The van der Waals surface area contributed by atoms with Gasteiger partial charge >= 0.3 is 0 Å². The molecular weight excluding hydrogens is 174 g/mol. The molecule has 78 valence electrons. The van der Waals surface area contributed by atoms with Crippen LogP contribution in [0.1, 0.15) is 31.9 Å². The first-order chi connectivity index (χ1) is 6.25. The van der Waals surface area contributed by atoms with Crippen LogP contribution in [0, 0.1) is 6.92 Å². The molecular formula is C12H19NO. The van der Waals surface area contributed by atoms with E-state index in [9.17, 15) is 5.11 Å². The maximum absolute atomic E-state index is 10.3. The number of rotatable bonds is 2. The largest absolute Gasteiger partial charge is 0.384 e. The highest BCUT2D eigenvalue weighted by Crippen LogP contribution is 2.30. The molecule has 0 aliphatic heterocycles. The molecule has 0 bridgehead atoms. The lowest BCUT2D eigenvalue weighted by molar-refractivity contribution is -0.00873. The van der Waals surface area contributed by atoms with Crippen LogP contribution in [0.15, 0.2) is 24.3 Å². The lowest BCUT2D eigenvalue weighted by Gasteiger charge is -2.37. The molecule has 3 N–H and O–H groups in total. The van der Waals surface area contributed by atoms with Crippen LogP contribution in [0.4, 0.5) is 0 Å². The molecule has 0 amide bonds. The number of nitrogens with two attached hydrogens (primary N) is 1. The van der Waals surface area contributed by atoms with Gasteiger partial charge in [-0.2, -0.15) is 0 Å². The predicted molar refractivity (Wildman–Crippen MR) is 59.0 cm³/mol. The summed E-state index contributed by atoms with van der Waals surface area (Å²) >= 11 is 0. The van der Waals surface area contributed by atoms with E-state index in [1.54, 1.807) is 6.92 Å². The summed E-state index contributed by atoms with van der Waals surface area (Å²) in [6.45, 7) is 7.41. The van der Waals surface area contributed by atoms with Gasteiger partial charge in [0.1, 0.15) is 5.60 Å². The quantitative estimate of drug-likeness (QED) is 0.754. The summed E-state index contributed by atoms with van der Waals surface area (Å²) in [7, 11) is 0. The van der Waals surface area contributed by atoms with E-state index >= 15 is 0 Å². The molecule has 14 heavy (non-hydrogen) atoms. The third-order valence-electron chi connectivity index (χ3n) is 2.83. The van der Waals surface area contributed by atoms with Crippen molar-refractivity contribution in [1.82, 2.24) is 0 Å². The Balaban J connectivity index is 3.16. The van der Waals surface area contributed by atoms with Crippen molar-refractivity contribution < 1.29 is 5.11 Å². The second kappa shape index (κ2) is 3.37. The standard InChI is InChI=1S/C12H19NO/c1-9-6-5-7-10(8-9)12(4,14)11(2,3)13/h5-8,14H,13H2,1-4H3. The van der Waals surface area contributed by atoms with E-state index in [1.807, 2.05) is 45.0 Å². The molecule has 1 unspecified atom stereocenters. The maximum atomic E-state index is 10.3. The Bertz CT molecular complexity index is 323. The van der Waals surface area contributed by atoms with Gasteiger partial charge in [-0.15, -0.1) is 0 Å². The molecule has 0 spiro atoms. The van der Waals surface area contributed by atoms with E-state index in [1.165, 1.54) is 0 Å². The summed E-state index contributed by atoms with van der Waals surface area (Å²) in [5, 5.41) is 10.3. The van der Waals surface area contributed by atoms with Gasteiger partial charge < -0.3 is 10.8 Å². The Kier molecular flexibility index (Phi) is 2.70. The molecule has 0 aliphatic rings. The van der Waals surface area contributed by atoms with Crippen LogP contribution in [0.3, 0.4) is 0 Å². The van der Waals surface area contributed by atoms with E-state index in [4.69, 9.17) is 5.73 Å². The van der Waals surface area contributed by atoms with Crippen LogP contribution < -0.4 is 5.73 Å². The second-order valence-electron chi connectivity index (χ2n) is 4.66. The van der Waals surface area contributed by atoms with Crippen molar-refractivity contribution >= 4 is 0 Å². The van der Waals surface area contributed by atoms with Gasteiger partial charge in [0.15, 0.2) is 0 Å². The Morgan fingerprint density at radius 2 is 1.79 bits per heavy atom. The van der Waals surface area contributed by atoms with Crippen LogP contribution >= 0.6 is 0 Å². The monoisotopic (exact) mass is 193 g/mol. The number of aliphatic hydroxyl groups is 1. The molecule has 0 fully saturated rings. The van der Waals surface area contributed by atoms with Crippen molar-refractivity contribution in [2.24, 2.45) is 5.73 Å². The van der Waals surface area contributed by atoms with Crippen molar-refractivity contribution in [1.29, 1.82) is 0 Å². The van der Waals surface area contributed by atoms with E-state index in [-0.39, 0.29) is 0 Å². The summed E-state index contributed by atoms with van der Waals surface area (Å²) in [4.78, 5) is 0. The molecule has 1 aromatic carbocycles. The van der Waals surface area contributed by atoms with Crippen molar-refractivity contribution in [3.63, 3.8) is 0 Å². The van der Waals surface area contributed by atoms with Crippen molar-refractivity contribution in [3.8, 4) is 0 Å². The molecule has 0 saturated heterocycles. The van der Waals surface area contributed by atoms with Gasteiger partial charge in [0.25, 0.3) is 0 Å². The number of hydrogen-bond acceptors (Lipinski definition) is 2. The highest BCUT2D eigenvalue weighted by Gasteiger charge is 2.37. The Morgan fingerprint density at radius 3 is 2.21 bits per heavy atom. The zero-order valence-corrected chi connectivity index (χ0v) is 9.33. The topological polar surface area (TPSA) is 46.2 Å². The SMILES string of the molecule is Cc1cccc(C(C)(O)C(C)(C)N)c1. The zero-order valence-electron chi connectivity index (χ0n) is 9.33. The molecule has 0 saturated carbocycles. The average molecular weight is 193 g/mol. The minimum absolute atomic E-state index is 0.652. The van der Waals surface area contributed by atoms with Crippen molar-refractivity contribution in [2.75, 3.05) is 0 Å². The molecule has 1 atom stereocenters. The Hall–Kier alpha value is -0.860. The van der Waals surface area contributed by atoms with Gasteiger partial charge in [-0.25, -0.2) is 0 Å². The van der Waals surface area contributed by atoms with E-state index in [2.05, 4.69) is 0 Å².